The minimum atomic E-state index is -0.129. The first kappa shape index (κ1) is 20.2. The normalized spacial score (nSPS) is 16.0. The fourth-order valence-corrected chi connectivity index (χ4v) is 4.87. The third-order valence-corrected chi connectivity index (χ3v) is 6.60. The van der Waals surface area contributed by atoms with E-state index < -0.39 is 0 Å². The zero-order valence-electron chi connectivity index (χ0n) is 17.1. The average Bonchev–Trinajstić information content (AvgIpc) is 3.12. The van der Waals surface area contributed by atoms with Gasteiger partial charge in [0.1, 0.15) is 5.37 Å². The molecule has 1 aliphatic heterocycles. The predicted molar refractivity (Wildman–Crippen MR) is 123 cm³/mol. The average molecular weight is 417 g/mol. The fourth-order valence-electron chi connectivity index (χ4n) is 3.68. The molecule has 4 nitrogen and oxygen atoms in total. The van der Waals surface area contributed by atoms with E-state index in [0.717, 1.165) is 27.9 Å². The molecule has 3 aromatic carbocycles. The molecule has 3 aromatic rings. The Kier molecular flexibility index (Phi) is 5.91. The van der Waals surface area contributed by atoms with Crippen LogP contribution < -0.4 is 5.32 Å². The maximum atomic E-state index is 12.7. The van der Waals surface area contributed by atoms with E-state index in [0.29, 0.717) is 17.9 Å². The number of amides is 2. The molecule has 0 radical (unpaired) electrons. The lowest BCUT2D eigenvalue weighted by molar-refractivity contribution is -0.128. The van der Waals surface area contributed by atoms with Gasteiger partial charge in [0, 0.05) is 17.8 Å². The maximum absolute atomic E-state index is 12.7. The van der Waals surface area contributed by atoms with Gasteiger partial charge in [0.15, 0.2) is 0 Å². The van der Waals surface area contributed by atoms with Gasteiger partial charge in [-0.2, -0.15) is 0 Å². The summed E-state index contributed by atoms with van der Waals surface area (Å²) in [6.07, 6.45) is 0. The number of anilines is 1. The van der Waals surface area contributed by atoms with Crippen LogP contribution in [0.2, 0.25) is 0 Å². The Morgan fingerprint density at radius 2 is 1.63 bits per heavy atom. The number of nitrogens with zero attached hydrogens (tertiary/aromatic N) is 1. The molecule has 0 saturated carbocycles. The summed E-state index contributed by atoms with van der Waals surface area (Å²) in [6.45, 7) is 4.56. The third-order valence-electron chi connectivity index (χ3n) is 5.34. The lowest BCUT2D eigenvalue weighted by atomic mass is 10.1. The van der Waals surface area contributed by atoms with Crippen LogP contribution in [0.5, 0.6) is 0 Å². The summed E-state index contributed by atoms with van der Waals surface area (Å²) in [5, 5.41) is 2.99. The Morgan fingerprint density at radius 1 is 0.967 bits per heavy atom. The molecule has 1 saturated heterocycles. The van der Waals surface area contributed by atoms with Crippen molar-refractivity contribution >= 4 is 29.3 Å². The zero-order chi connectivity index (χ0) is 21.1. The van der Waals surface area contributed by atoms with Crippen LogP contribution in [0, 0.1) is 13.8 Å². The first-order valence-corrected chi connectivity index (χ1v) is 11.0. The monoisotopic (exact) mass is 416 g/mol. The highest BCUT2D eigenvalue weighted by molar-refractivity contribution is 8.00. The molecule has 0 bridgehead atoms. The smallest absolute Gasteiger partial charge is 0.255 e. The van der Waals surface area contributed by atoms with Crippen molar-refractivity contribution in [3.8, 4) is 0 Å². The van der Waals surface area contributed by atoms with E-state index in [2.05, 4.69) is 5.32 Å². The van der Waals surface area contributed by atoms with Crippen molar-refractivity contribution in [1.29, 1.82) is 0 Å². The van der Waals surface area contributed by atoms with Gasteiger partial charge in [0.25, 0.3) is 5.91 Å². The molecule has 30 heavy (non-hydrogen) atoms. The highest BCUT2D eigenvalue weighted by Gasteiger charge is 2.32. The number of carbonyl (C=O) groups excluding carboxylic acids is 2. The largest absolute Gasteiger partial charge is 0.322 e. The first-order chi connectivity index (χ1) is 14.5. The van der Waals surface area contributed by atoms with E-state index in [1.165, 1.54) is 0 Å². The fraction of sp³-hybridized carbons (Fsp3) is 0.200. The zero-order valence-corrected chi connectivity index (χ0v) is 17.9. The molecular formula is C25H24N2O2S. The van der Waals surface area contributed by atoms with E-state index in [9.17, 15) is 9.59 Å². The summed E-state index contributed by atoms with van der Waals surface area (Å²) in [5.74, 6) is 0.493. The predicted octanol–water partition coefficient (Wildman–Crippen LogP) is 5.33. The second-order valence-corrected chi connectivity index (χ2v) is 8.58. The molecule has 1 aliphatic rings. The standard InChI is InChI=1S/C25H24N2O2S/c1-17-7-6-8-18(2)23(17)26-24(29)20-11-13-21(14-12-20)25-27(22(28)16-30-25)15-19-9-4-3-5-10-19/h3-14,25H,15-16H2,1-2H3,(H,26,29)/t25-/m0/s1. The summed E-state index contributed by atoms with van der Waals surface area (Å²) in [5.41, 5.74) is 5.69. The number of carbonyl (C=O) groups is 2. The Morgan fingerprint density at radius 3 is 2.30 bits per heavy atom. The summed E-state index contributed by atoms with van der Waals surface area (Å²) in [6, 6.07) is 23.6. The van der Waals surface area contributed by atoms with Gasteiger partial charge in [-0.05, 0) is 48.2 Å². The van der Waals surface area contributed by atoms with Crippen LogP contribution >= 0.6 is 11.8 Å². The van der Waals surface area contributed by atoms with Gasteiger partial charge >= 0.3 is 0 Å². The number of hydrogen-bond acceptors (Lipinski definition) is 3. The van der Waals surface area contributed by atoms with E-state index in [1.54, 1.807) is 11.8 Å². The second-order valence-electron chi connectivity index (χ2n) is 7.51. The molecule has 1 N–H and O–H groups in total. The van der Waals surface area contributed by atoms with Crippen LogP contribution in [0.15, 0.2) is 72.8 Å². The van der Waals surface area contributed by atoms with Gasteiger partial charge in [0.05, 0.1) is 5.75 Å². The summed E-state index contributed by atoms with van der Waals surface area (Å²) in [7, 11) is 0. The molecule has 2 amide bonds. The molecule has 1 fully saturated rings. The minimum Gasteiger partial charge on any atom is -0.322 e. The molecule has 0 unspecified atom stereocenters. The Hall–Kier alpha value is -3.05. The van der Waals surface area contributed by atoms with Crippen molar-refractivity contribution in [3.63, 3.8) is 0 Å². The molecule has 0 aliphatic carbocycles. The Bertz CT molecular complexity index is 1040. The Labute approximate surface area is 181 Å². The third kappa shape index (κ3) is 4.26. The van der Waals surface area contributed by atoms with Crippen molar-refractivity contribution in [2.45, 2.75) is 25.8 Å². The van der Waals surface area contributed by atoms with Gasteiger partial charge in [-0.25, -0.2) is 0 Å². The SMILES string of the molecule is Cc1cccc(C)c1NC(=O)c1ccc([C@@H]2SCC(=O)N2Cc2ccccc2)cc1. The van der Waals surface area contributed by atoms with Crippen molar-refractivity contribution in [1.82, 2.24) is 4.90 Å². The van der Waals surface area contributed by atoms with E-state index in [-0.39, 0.29) is 17.2 Å². The number of para-hydroxylation sites is 1. The number of benzene rings is 3. The topological polar surface area (TPSA) is 49.4 Å². The molecule has 4 rings (SSSR count). The number of aryl methyl sites for hydroxylation is 2. The van der Waals surface area contributed by atoms with Crippen molar-refractivity contribution in [3.05, 3.63) is 101 Å². The van der Waals surface area contributed by atoms with Crippen LogP contribution in [0.25, 0.3) is 0 Å². The number of rotatable bonds is 5. The summed E-state index contributed by atoms with van der Waals surface area (Å²) in [4.78, 5) is 27.1. The van der Waals surface area contributed by atoms with Gasteiger partial charge in [-0.3, -0.25) is 9.59 Å². The van der Waals surface area contributed by atoms with Crippen LogP contribution in [0.4, 0.5) is 5.69 Å². The molecule has 152 valence electrons. The van der Waals surface area contributed by atoms with Crippen LogP contribution in [-0.4, -0.2) is 22.5 Å². The Balaban J connectivity index is 1.50. The van der Waals surface area contributed by atoms with Crippen molar-refractivity contribution < 1.29 is 9.59 Å². The van der Waals surface area contributed by atoms with Gasteiger partial charge in [-0.15, -0.1) is 11.8 Å². The number of hydrogen-bond donors (Lipinski definition) is 1. The lowest BCUT2D eigenvalue weighted by Crippen LogP contribution is -2.27. The van der Waals surface area contributed by atoms with E-state index in [1.807, 2.05) is 91.5 Å². The van der Waals surface area contributed by atoms with Gasteiger partial charge < -0.3 is 10.2 Å². The molecule has 5 heteroatoms. The molecule has 0 spiro atoms. The quantitative estimate of drug-likeness (QED) is 0.612. The van der Waals surface area contributed by atoms with E-state index in [4.69, 9.17) is 0 Å². The van der Waals surface area contributed by atoms with Crippen LogP contribution in [0.3, 0.4) is 0 Å². The second kappa shape index (κ2) is 8.76. The highest BCUT2D eigenvalue weighted by Crippen LogP contribution is 2.39. The minimum absolute atomic E-state index is 0.0339. The van der Waals surface area contributed by atoms with Crippen LogP contribution in [-0.2, 0) is 11.3 Å². The highest BCUT2D eigenvalue weighted by atomic mass is 32.2. The molecule has 1 heterocycles. The van der Waals surface area contributed by atoms with Crippen molar-refractivity contribution in [2.24, 2.45) is 0 Å². The number of thioether (sulfide) groups is 1. The van der Waals surface area contributed by atoms with Crippen molar-refractivity contribution in [2.75, 3.05) is 11.1 Å². The summed E-state index contributed by atoms with van der Waals surface area (Å²) < 4.78 is 0. The molecular weight excluding hydrogens is 392 g/mol. The number of nitrogens with one attached hydrogen (secondary N) is 1. The molecule has 1 atom stereocenters. The molecule has 0 aromatic heterocycles. The first-order valence-electron chi connectivity index (χ1n) is 9.95. The maximum Gasteiger partial charge on any atom is 0.255 e. The lowest BCUT2D eigenvalue weighted by Gasteiger charge is -2.24. The van der Waals surface area contributed by atoms with Crippen LogP contribution in [0.1, 0.15) is 38.0 Å². The van der Waals surface area contributed by atoms with Gasteiger partial charge in [0.2, 0.25) is 5.91 Å². The summed E-state index contributed by atoms with van der Waals surface area (Å²) >= 11 is 1.63. The van der Waals surface area contributed by atoms with E-state index >= 15 is 0 Å². The van der Waals surface area contributed by atoms with Gasteiger partial charge in [-0.1, -0.05) is 60.7 Å².